The van der Waals surface area contributed by atoms with Crippen molar-refractivity contribution in [3.8, 4) is 0 Å². The number of carbonyl (C=O) groups is 1. The van der Waals surface area contributed by atoms with Gasteiger partial charge in [-0.05, 0) is 51.6 Å². The first kappa shape index (κ1) is 14.5. The first-order valence-corrected chi connectivity index (χ1v) is 7.72. The van der Waals surface area contributed by atoms with Crippen LogP contribution in [-0.2, 0) is 4.79 Å². The van der Waals surface area contributed by atoms with Gasteiger partial charge in [0.1, 0.15) is 0 Å². The van der Waals surface area contributed by atoms with Crippen LogP contribution in [0, 0.1) is 0 Å². The molecule has 0 atom stereocenters. The molecule has 0 aromatic heterocycles. The summed E-state index contributed by atoms with van der Waals surface area (Å²) in [4.78, 5) is 14.1. The van der Waals surface area contributed by atoms with Gasteiger partial charge in [0.25, 0.3) is 0 Å². The molecule has 0 unspecified atom stereocenters. The molecule has 2 N–H and O–H groups in total. The Balaban J connectivity index is 1.59. The summed E-state index contributed by atoms with van der Waals surface area (Å²) in [7, 11) is 0. The van der Waals surface area contributed by atoms with Crippen LogP contribution < -0.4 is 10.6 Å². The molecule has 1 saturated heterocycles. The summed E-state index contributed by atoms with van der Waals surface area (Å²) in [5.74, 6) is 0.179. The van der Waals surface area contributed by atoms with E-state index < -0.39 is 0 Å². The van der Waals surface area contributed by atoms with Crippen molar-refractivity contribution in [3.05, 3.63) is 11.6 Å². The monoisotopic (exact) mass is 265 g/mol. The molecule has 19 heavy (non-hydrogen) atoms. The lowest BCUT2D eigenvalue weighted by Gasteiger charge is -2.19. The Labute approximate surface area is 116 Å². The van der Waals surface area contributed by atoms with E-state index in [1.54, 1.807) is 0 Å². The van der Waals surface area contributed by atoms with E-state index >= 15 is 0 Å². The number of carbonyl (C=O) groups excluding carboxylic acids is 1. The van der Waals surface area contributed by atoms with Gasteiger partial charge >= 0.3 is 0 Å². The third kappa shape index (κ3) is 5.74. The zero-order chi connectivity index (χ0) is 13.3. The van der Waals surface area contributed by atoms with Crippen molar-refractivity contribution < 1.29 is 4.79 Å². The minimum atomic E-state index is 0.179. The lowest BCUT2D eigenvalue weighted by Crippen LogP contribution is -2.39. The number of nitrogens with zero attached hydrogens (tertiary/aromatic N) is 1. The Kier molecular flexibility index (Phi) is 6.37. The van der Waals surface area contributed by atoms with Gasteiger partial charge in [-0.25, -0.2) is 0 Å². The zero-order valence-electron chi connectivity index (χ0n) is 11.9. The van der Waals surface area contributed by atoms with Gasteiger partial charge < -0.3 is 10.6 Å². The second-order valence-corrected chi connectivity index (χ2v) is 5.59. The van der Waals surface area contributed by atoms with E-state index in [2.05, 4.69) is 21.6 Å². The van der Waals surface area contributed by atoms with E-state index in [-0.39, 0.29) is 5.91 Å². The number of allylic oxidation sites excluding steroid dienone is 1. The zero-order valence-corrected chi connectivity index (χ0v) is 11.9. The van der Waals surface area contributed by atoms with Crippen LogP contribution in [-0.4, -0.2) is 50.1 Å². The van der Waals surface area contributed by atoms with Gasteiger partial charge in [0, 0.05) is 19.6 Å². The maximum absolute atomic E-state index is 11.9. The molecule has 0 saturated carbocycles. The smallest absolute Gasteiger partial charge is 0.234 e. The highest BCUT2D eigenvalue weighted by molar-refractivity contribution is 5.78. The summed E-state index contributed by atoms with van der Waals surface area (Å²) in [6.45, 7) is 5.45. The van der Waals surface area contributed by atoms with Crippen molar-refractivity contribution in [2.75, 3.05) is 39.3 Å². The summed E-state index contributed by atoms with van der Waals surface area (Å²) in [6.07, 6.45) is 9.64. The van der Waals surface area contributed by atoms with Crippen LogP contribution in [0.15, 0.2) is 11.6 Å². The summed E-state index contributed by atoms with van der Waals surface area (Å²) in [6, 6.07) is 0. The van der Waals surface area contributed by atoms with E-state index in [1.165, 1.54) is 31.3 Å². The molecule has 4 heteroatoms. The van der Waals surface area contributed by atoms with Crippen molar-refractivity contribution in [1.29, 1.82) is 0 Å². The average Bonchev–Trinajstić information content (AvgIpc) is 2.68. The van der Waals surface area contributed by atoms with Crippen LogP contribution in [0.1, 0.15) is 38.5 Å². The molecule has 2 rings (SSSR count). The van der Waals surface area contributed by atoms with Crippen LogP contribution in [0.4, 0.5) is 0 Å². The number of hydrogen-bond acceptors (Lipinski definition) is 3. The van der Waals surface area contributed by atoms with Crippen LogP contribution in [0.5, 0.6) is 0 Å². The Morgan fingerprint density at radius 2 is 2.21 bits per heavy atom. The minimum absolute atomic E-state index is 0.179. The van der Waals surface area contributed by atoms with E-state index in [9.17, 15) is 4.79 Å². The Morgan fingerprint density at radius 3 is 3.05 bits per heavy atom. The van der Waals surface area contributed by atoms with Crippen molar-refractivity contribution in [1.82, 2.24) is 15.5 Å². The molecular weight excluding hydrogens is 238 g/mol. The number of hydrogen-bond donors (Lipinski definition) is 2. The standard InChI is InChI=1S/C15H27N3O/c19-15(13-18-11-4-8-16-10-12-18)17-9-7-14-5-2-1-3-6-14/h5,16H,1-4,6-13H2,(H,17,19). The lowest BCUT2D eigenvalue weighted by atomic mass is 9.97. The lowest BCUT2D eigenvalue weighted by molar-refractivity contribution is -0.122. The van der Waals surface area contributed by atoms with Gasteiger partial charge in [-0.1, -0.05) is 11.6 Å². The molecule has 0 bridgehead atoms. The second kappa shape index (κ2) is 8.33. The normalized spacial score (nSPS) is 21.6. The van der Waals surface area contributed by atoms with Gasteiger partial charge in [0.15, 0.2) is 0 Å². The van der Waals surface area contributed by atoms with Crippen LogP contribution in [0.25, 0.3) is 0 Å². The molecule has 4 nitrogen and oxygen atoms in total. The number of rotatable bonds is 5. The fourth-order valence-corrected chi connectivity index (χ4v) is 2.81. The van der Waals surface area contributed by atoms with Gasteiger partial charge in [-0.2, -0.15) is 0 Å². The minimum Gasteiger partial charge on any atom is -0.355 e. The van der Waals surface area contributed by atoms with E-state index in [0.717, 1.165) is 45.6 Å². The Hall–Kier alpha value is -0.870. The molecule has 1 aliphatic heterocycles. The van der Waals surface area contributed by atoms with Crippen molar-refractivity contribution in [2.24, 2.45) is 0 Å². The summed E-state index contributed by atoms with van der Waals surface area (Å²) < 4.78 is 0. The van der Waals surface area contributed by atoms with Gasteiger partial charge in [0.2, 0.25) is 5.91 Å². The quantitative estimate of drug-likeness (QED) is 0.736. The predicted molar refractivity (Wildman–Crippen MR) is 78.1 cm³/mol. The maximum atomic E-state index is 11.9. The summed E-state index contributed by atoms with van der Waals surface area (Å²) in [5.41, 5.74) is 1.53. The SMILES string of the molecule is O=C(CN1CCCNCC1)NCCC1=CCCCC1. The largest absolute Gasteiger partial charge is 0.355 e. The molecule has 1 amide bonds. The fourth-order valence-electron chi connectivity index (χ4n) is 2.81. The highest BCUT2D eigenvalue weighted by atomic mass is 16.2. The summed E-state index contributed by atoms with van der Waals surface area (Å²) >= 11 is 0. The number of nitrogens with one attached hydrogen (secondary N) is 2. The third-order valence-corrected chi connectivity index (χ3v) is 3.95. The van der Waals surface area contributed by atoms with Gasteiger partial charge in [-0.3, -0.25) is 9.69 Å². The molecule has 0 spiro atoms. The third-order valence-electron chi connectivity index (χ3n) is 3.95. The molecule has 0 radical (unpaired) electrons. The van der Waals surface area contributed by atoms with Gasteiger partial charge in [0.05, 0.1) is 6.54 Å². The topological polar surface area (TPSA) is 44.4 Å². The van der Waals surface area contributed by atoms with Crippen molar-refractivity contribution in [2.45, 2.75) is 38.5 Å². The highest BCUT2D eigenvalue weighted by Gasteiger charge is 2.12. The second-order valence-electron chi connectivity index (χ2n) is 5.59. The fraction of sp³-hybridized carbons (Fsp3) is 0.800. The molecule has 1 heterocycles. The van der Waals surface area contributed by atoms with E-state index in [1.807, 2.05) is 0 Å². The van der Waals surface area contributed by atoms with Crippen molar-refractivity contribution in [3.63, 3.8) is 0 Å². The molecule has 0 aromatic carbocycles. The number of amides is 1. The van der Waals surface area contributed by atoms with Crippen LogP contribution in [0.2, 0.25) is 0 Å². The van der Waals surface area contributed by atoms with E-state index in [4.69, 9.17) is 0 Å². The Morgan fingerprint density at radius 1 is 1.26 bits per heavy atom. The van der Waals surface area contributed by atoms with E-state index in [0.29, 0.717) is 6.54 Å². The molecule has 2 aliphatic rings. The van der Waals surface area contributed by atoms with Crippen molar-refractivity contribution >= 4 is 5.91 Å². The predicted octanol–water partition coefficient (Wildman–Crippen LogP) is 1.29. The molecule has 1 aliphatic carbocycles. The maximum Gasteiger partial charge on any atom is 0.234 e. The average molecular weight is 265 g/mol. The van der Waals surface area contributed by atoms with Gasteiger partial charge in [-0.15, -0.1) is 0 Å². The molecular formula is C15H27N3O. The highest BCUT2D eigenvalue weighted by Crippen LogP contribution is 2.19. The molecule has 1 fully saturated rings. The first-order valence-electron chi connectivity index (χ1n) is 7.72. The molecule has 108 valence electrons. The summed E-state index contributed by atoms with van der Waals surface area (Å²) in [5, 5.41) is 6.41. The first-order chi connectivity index (χ1) is 9.34. The van der Waals surface area contributed by atoms with Crippen LogP contribution >= 0.6 is 0 Å². The molecule has 0 aromatic rings. The van der Waals surface area contributed by atoms with Crippen LogP contribution in [0.3, 0.4) is 0 Å². The Bertz CT molecular complexity index is 307.